The van der Waals surface area contributed by atoms with Crippen LogP contribution in [0.5, 0.6) is 0 Å². The molecule has 1 aromatic carbocycles. The molecule has 1 N–H and O–H groups in total. The van der Waals surface area contributed by atoms with Gasteiger partial charge in [0.15, 0.2) is 0 Å². The lowest BCUT2D eigenvalue weighted by molar-refractivity contribution is 0.178. The van der Waals surface area contributed by atoms with E-state index in [0.29, 0.717) is 6.42 Å². The molecule has 0 radical (unpaired) electrons. The first-order valence-corrected chi connectivity index (χ1v) is 7.65. The predicted molar refractivity (Wildman–Crippen MR) is 79.6 cm³/mol. The van der Waals surface area contributed by atoms with Gasteiger partial charge >= 0.3 is 0 Å². The predicted octanol–water partition coefficient (Wildman–Crippen LogP) is 4.86. The fraction of sp³-hybridized carbons (Fsp3) is 0.231. The third kappa shape index (κ3) is 3.19. The number of benzene rings is 1. The minimum Gasteiger partial charge on any atom is -0.388 e. The van der Waals surface area contributed by atoms with E-state index in [4.69, 9.17) is 0 Å². The third-order valence-electron chi connectivity index (χ3n) is 2.72. The van der Waals surface area contributed by atoms with Gasteiger partial charge in [0.25, 0.3) is 0 Å². The molecule has 4 heteroatoms. The molecule has 0 spiro atoms. The van der Waals surface area contributed by atoms with Crippen molar-refractivity contribution in [2.24, 2.45) is 0 Å². The van der Waals surface area contributed by atoms with Crippen molar-refractivity contribution in [2.45, 2.75) is 19.4 Å². The molecule has 0 aliphatic heterocycles. The van der Waals surface area contributed by atoms with Crippen molar-refractivity contribution in [1.29, 1.82) is 0 Å². The van der Waals surface area contributed by atoms with Gasteiger partial charge in [-0.3, -0.25) is 0 Å². The summed E-state index contributed by atoms with van der Waals surface area (Å²) in [6.07, 6.45) is 0.182. The Balaban J connectivity index is 2.20. The van der Waals surface area contributed by atoms with Crippen molar-refractivity contribution in [3.05, 3.63) is 54.6 Å². The zero-order valence-corrected chi connectivity index (χ0v) is 13.3. The first kappa shape index (κ1) is 13.3. The van der Waals surface area contributed by atoms with Crippen LogP contribution in [0, 0.1) is 6.92 Å². The number of aliphatic hydroxyl groups is 1. The van der Waals surface area contributed by atoms with Crippen LogP contribution in [0.3, 0.4) is 0 Å². The highest BCUT2D eigenvalue weighted by Gasteiger charge is 2.15. The van der Waals surface area contributed by atoms with Crippen LogP contribution in [-0.4, -0.2) is 5.11 Å². The second-order valence-electron chi connectivity index (χ2n) is 3.93. The second kappa shape index (κ2) is 5.65. The Hall–Kier alpha value is -0.160. The number of hydrogen-bond donors (Lipinski definition) is 1. The quantitative estimate of drug-likeness (QED) is 0.812. The van der Waals surface area contributed by atoms with Crippen molar-refractivity contribution in [2.75, 3.05) is 0 Å². The Kier molecular flexibility index (Phi) is 4.42. The summed E-state index contributed by atoms with van der Waals surface area (Å²) in [6, 6.07) is 10.1. The largest absolute Gasteiger partial charge is 0.388 e. The standard InChI is InChI=1S/C13H12Br2OS/c1-8-4-2-3-5-9(8)6-11(16)10-7-12(14)17-13(10)15/h2-5,7,11,16H,6H2,1H3. The van der Waals surface area contributed by atoms with Gasteiger partial charge in [-0.2, -0.15) is 0 Å². The van der Waals surface area contributed by atoms with E-state index in [1.807, 2.05) is 18.2 Å². The summed E-state index contributed by atoms with van der Waals surface area (Å²) in [6.45, 7) is 2.07. The van der Waals surface area contributed by atoms with Crippen molar-refractivity contribution in [1.82, 2.24) is 0 Å². The number of aliphatic hydroxyl groups excluding tert-OH is 1. The van der Waals surface area contributed by atoms with E-state index in [-0.39, 0.29) is 0 Å². The number of thiophene rings is 1. The highest BCUT2D eigenvalue weighted by molar-refractivity contribution is 9.12. The van der Waals surface area contributed by atoms with Gasteiger partial charge in [0.2, 0.25) is 0 Å². The summed E-state index contributed by atoms with van der Waals surface area (Å²) >= 11 is 8.49. The molecular weight excluding hydrogens is 364 g/mol. The second-order valence-corrected chi connectivity index (χ2v) is 7.68. The number of aryl methyl sites for hydroxylation is 1. The molecule has 0 fully saturated rings. The van der Waals surface area contributed by atoms with Crippen LogP contribution in [0.25, 0.3) is 0 Å². The SMILES string of the molecule is Cc1ccccc1CC(O)c1cc(Br)sc1Br. The highest BCUT2D eigenvalue weighted by Crippen LogP contribution is 2.36. The lowest BCUT2D eigenvalue weighted by Gasteiger charge is -2.11. The summed E-state index contributed by atoms with van der Waals surface area (Å²) in [5, 5.41) is 10.2. The van der Waals surface area contributed by atoms with E-state index in [2.05, 4.69) is 50.9 Å². The molecule has 0 saturated carbocycles. The molecule has 1 atom stereocenters. The van der Waals surface area contributed by atoms with E-state index in [0.717, 1.165) is 13.1 Å². The number of halogens is 2. The van der Waals surface area contributed by atoms with E-state index in [1.165, 1.54) is 11.1 Å². The van der Waals surface area contributed by atoms with Gasteiger partial charge in [-0.1, -0.05) is 24.3 Å². The van der Waals surface area contributed by atoms with Crippen LogP contribution < -0.4 is 0 Å². The Morgan fingerprint density at radius 2 is 2.00 bits per heavy atom. The van der Waals surface area contributed by atoms with E-state index < -0.39 is 6.10 Å². The van der Waals surface area contributed by atoms with Gasteiger partial charge in [-0.25, -0.2) is 0 Å². The van der Waals surface area contributed by atoms with Gasteiger partial charge in [-0.15, -0.1) is 11.3 Å². The minimum atomic E-state index is -0.465. The molecule has 0 saturated heterocycles. The summed E-state index contributed by atoms with van der Waals surface area (Å²) in [7, 11) is 0. The first-order valence-electron chi connectivity index (χ1n) is 5.25. The van der Waals surface area contributed by atoms with Gasteiger partial charge in [-0.05, 0) is 56.0 Å². The lowest BCUT2D eigenvalue weighted by atomic mass is 10.00. The summed E-state index contributed by atoms with van der Waals surface area (Å²) in [4.78, 5) is 0. The molecule has 1 nitrogen and oxygen atoms in total. The zero-order chi connectivity index (χ0) is 12.4. The Morgan fingerprint density at radius 1 is 1.29 bits per heavy atom. The van der Waals surface area contributed by atoms with Crippen LogP contribution in [-0.2, 0) is 6.42 Å². The normalized spacial score (nSPS) is 12.7. The third-order valence-corrected chi connectivity index (χ3v) is 5.10. The molecule has 0 aliphatic carbocycles. The molecule has 2 aromatic rings. The summed E-state index contributed by atoms with van der Waals surface area (Å²) < 4.78 is 2.02. The maximum Gasteiger partial charge on any atom is 0.0850 e. The maximum absolute atomic E-state index is 10.2. The summed E-state index contributed by atoms with van der Waals surface area (Å²) in [5.74, 6) is 0. The van der Waals surface area contributed by atoms with Gasteiger partial charge in [0.1, 0.15) is 0 Å². The number of rotatable bonds is 3. The molecule has 0 bridgehead atoms. The van der Waals surface area contributed by atoms with Crippen LogP contribution in [0.1, 0.15) is 22.8 Å². The van der Waals surface area contributed by atoms with Crippen LogP contribution in [0.4, 0.5) is 0 Å². The fourth-order valence-corrected chi connectivity index (χ4v) is 4.69. The molecule has 17 heavy (non-hydrogen) atoms. The van der Waals surface area contributed by atoms with E-state index in [9.17, 15) is 5.11 Å². The highest BCUT2D eigenvalue weighted by atomic mass is 79.9. The molecule has 0 aliphatic rings. The lowest BCUT2D eigenvalue weighted by Crippen LogP contribution is -2.02. The van der Waals surface area contributed by atoms with Gasteiger partial charge in [0, 0.05) is 12.0 Å². The van der Waals surface area contributed by atoms with Crippen molar-refractivity contribution in [3.8, 4) is 0 Å². The zero-order valence-electron chi connectivity index (χ0n) is 9.28. The summed E-state index contributed by atoms with van der Waals surface area (Å²) in [5.41, 5.74) is 3.36. The fourth-order valence-electron chi connectivity index (χ4n) is 1.74. The van der Waals surface area contributed by atoms with E-state index >= 15 is 0 Å². The van der Waals surface area contributed by atoms with Crippen LogP contribution >= 0.6 is 43.2 Å². The topological polar surface area (TPSA) is 20.2 Å². The molecule has 1 heterocycles. The minimum absolute atomic E-state index is 0.465. The van der Waals surface area contributed by atoms with Gasteiger partial charge in [0.05, 0.1) is 13.7 Å². The monoisotopic (exact) mass is 374 g/mol. The average Bonchev–Trinajstić information content (AvgIpc) is 2.61. The molecule has 2 rings (SSSR count). The van der Waals surface area contributed by atoms with Crippen molar-refractivity contribution in [3.63, 3.8) is 0 Å². The Morgan fingerprint density at radius 3 is 2.59 bits per heavy atom. The molecule has 1 aromatic heterocycles. The van der Waals surface area contributed by atoms with Crippen LogP contribution in [0.15, 0.2) is 37.9 Å². The van der Waals surface area contributed by atoms with Crippen molar-refractivity contribution < 1.29 is 5.11 Å². The van der Waals surface area contributed by atoms with E-state index in [1.54, 1.807) is 11.3 Å². The van der Waals surface area contributed by atoms with Gasteiger partial charge < -0.3 is 5.11 Å². The number of hydrogen-bond acceptors (Lipinski definition) is 2. The first-order chi connectivity index (χ1) is 8.08. The van der Waals surface area contributed by atoms with Crippen LogP contribution in [0.2, 0.25) is 0 Å². The molecule has 90 valence electrons. The average molecular weight is 376 g/mol. The maximum atomic E-state index is 10.2. The Bertz CT molecular complexity index is 522. The Labute approximate surface area is 122 Å². The molecular formula is C13H12Br2OS. The van der Waals surface area contributed by atoms with Crippen molar-refractivity contribution >= 4 is 43.2 Å². The molecule has 0 amide bonds. The molecule has 1 unspecified atom stereocenters. The smallest absolute Gasteiger partial charge is 0.0850 e.